The number of nitrogens with one attached hydrogen (secondary N) is 1. The lowest BCUT2D eigenvalue weighted by atomic mass is 9.94. The molecule has 0 aromatic heterocycles. The van der Waals surface area contributed by atoms with Crippen molar-refractivity contribution in [2.24, 2.45) is 0 Å². The zero-order valence-corrected chi connectivity index (χ0v) is 19.9. The fourth-order valence-electron chi connectivity index (χ4n) is 3.84. The molecule has 0 aliphatic carbocycles. The average Bonchev–Trinajstić information content (AvgIpc) is 2.76. The second kappa shape index (κ2) is 10.9. The zero-order chi connectivity index (χ0) is 23.3. The number of hydrogen-bond donors (Lipinski definition) is 1. The minimum Gasteiger partial charge on any atom is -0.463 e. The summed E-state index contributed by atoms with van der Waals surface area (Å²) in [5, 5.41) is 3.55. The van der Waals surface area contributed by atoms with Gasteiger partial charge in [0.05, 0.1) is 28.3 Å². The number of hydrogen-bond acceptors (Lipinski definition) is 4. The predicted octanol–water partition coefficient (Wildman–Crippen LogP) is 5.03. The van der Waals surface area contributed by atoms with E-state index in [1.54, 1.807) is 30.0 Å². The quantitative estimate of drug-likeness (QED) is 0.543. The van der Waals surface area contributed by atoms with E-state index in [-0.39, 0.29) is 12.6 Å². The molecule has 3 rings (SSSR count). The molecule has 0 radical (unpaired) electrons. The Balaban J connectivity index is 2.08. The molecular weight excluding hydrogens is 449 g/mol. The van der Waals surface area contributed by atoms with Gasteiger partial charge < -0.3 is 10.1 Å². The number of esters is 1. The molecule has 1 aliphatic rings. The van der Waals surface area contributed by atoms with Gasteiger partial charge in [-0.05, 0) is 38.1 Å². The SMILES string of the molecule is CCOC(=O)C1=C(CN(C)Cc2ccccc2)N(CC)C(=O)N[C@H]1c1cccc(Cl)c1Cl. The fourth-order valence-corrected chi connectivity index (χ4v) is 4.26. The molecular formula is C24H27Cl2N3O3. The number of amides is 2. The van der Waals surface area contributed by atoms with Crippen LogP contribution in [0.3, 0.4) is 0 Å². The van der Waals surface area contributed by atoms with Crippen LogP contribution < -0.4 is 5.32 Å². The van der Waals surface area contributed by atoms with E-state index in [0.29, 0.717) is 46.5 Å². The predicted molar refractivity (Wildman–Crippen MR) is 127 cm³/mol. The van der Waals surface area contributed by atoms with Crippen molar-refractivity contribution in [1.82, 2.24) is 15.1 Å². The Hall–Kier alpha value is -2.54. The van der Waals surface area contributed by atoms with Gasteiger partial charge in [-0.1, -0.05) is 65.7 Å². The molecule has 2 aromatic carbocycles. The van der Waals surface area contributed by atoms with Crippen LogP contribution in [0.1, 0.15) is 31.0 Å². The van der Waals surface area contributed by atoms with Gasteiger partial charge in [0.25, 0.3) is 0 Å². The maximum atomic E-state index is 13.1. The van der Waals surface area contributed by atoms with E-state index in [1.807, 2.05) is 44.3 Å². The lowest BCUT2D eigenvalue weighted by molar-refractivity contribution is -0.139. The number of carbonyl (C=O) groups excluding carboxylic acids is 2. The van der Waals surface area contributed by atoms with Gasteiger partial charge in [0, 0.05) is 25.3 Å². The van der Waals surface area contributed by atoms with Gasteiger partial charge in [0.15, 0.2) is 0 Å². The number of halogens is 2. The Morgan fingerprint density at radius 1 is 1.09 bits per heavy atom. The van der Waals surface area contributed by atoms with E-state index in [9.17, 15) is 9.59 Å². The van der Waals surface area contributed by atoms with Crippen molar-refractivity contribution in [2.75, 3.05) is 26.7 Å². The van der Waals surface area contributed by atoms with Gasteiger partial charge in [-0.3, -0.25) is 9.80 Å². The molecule has 1 heterocycles. The molecule has 0 saturated heterocycles. The third kappa shape index (κ3) is 5.26. The smallest absolute Gasteiger partial charge is 0.338 e. The lowest BCUT2D eigenvalue weighted by Gasteiger charge is -2.37. The third-order valence-corrected chi connectivity index (χ3v) is 6.09. The van der Waals surface area contributed by atoms with E-state index < -0.39 is 12.0 Å². The number of rotatable bonds is 8. The van der Waals surface area contributed by atoms with Gasteiger partial charge in [-0.25, -0.2) is 9.59 Å². The second-order valence-corrected chi connectivity index (χ2v) is 8.29. The van der Waals surface area contributed by atoms with Crippen molar-refractivity contribution in [1.29, 1.82) is 0 Å². The first-order valence-corrected chi connectivity index (χ1v) is 11.3. The number of nitrogens with zero attached hydrogens (tertiary/aromatic N) is 2. The van der Waals surface area contributed by atoms with Crippen molar-refractivity contribution in [3.8, 4) is 0 Å². The van der Waals surface area contributed by atoms with Gasteiger partial charge in [-0.2, -0.15) is 0 Å². The normalized spacial score (nSPS) is 16.4. The highest BCUT2D eigenvalue weighted by Gasteiger charge is 2.39. The summed E-state index contributed by atoms with van der Waals surface area (Å²) in [7, 11) is 1.95. The summed E-state index contributed by atoms with van der Waals surface area (Å²) in [6.45, 7) is 5.26. The molecule has 8 heteroatoms. The first-order chi connectivity index (χ1) is 15.4. The van der Waals surface area contributed by atoms with E-state index >= 15 is 0 Å². The molecule has 2 amide bonds. The van der Waals surface area contributed by atoms with Crippen molar-refractivity contribution in [2.45, 2.75) is 26.4 Å². The Labute approximate surface area is 198 Å². The van der Waals surface area contributed by atoms with Crippen LogP contribution in [0.15, 0.2) is 59.8 Å². The molecule has 0 bridgehead atoms. The number of likely N-dealkylation sites (N-methyl/N-ethyl adjacent to an activating group) is 2. The van der Waals surface area contributed by atoms with Crippen LogP contribution in [0.5, 0.6) is 0 Å². The minimum atomic E-state index is -0.768. The lowest BCUT2D eigenvalue weighted by Crippen LogP contribution is -2.50. The Bertz CT molecular complexity index is 1010. The molecule has 1 aliphatic heterocycles. The average molecular weight is 476 g/mol. The van der Waals surface area contributed by atoms with Crippen LogP contribution in [-0.4, -0.2) is 48.5 Å². The molecule has 1 atom stereocenters. The summed E-state index contributed by atoms with van der Waals surface area (Å²) in [6, 6.07) is 14.1. The highest BCUT2D eigenvalue weighted by molar-refractivity contribution is 6.42. The summed E-state index contributed by atoms with van der Waals surface area (Å²) in [5.74, 6) is -0.491. The van der Waals surface area contributed by atoms with E-state index in [4.69, 9.17) is 27.9 Å². The molecule has 2 aromatic rings. The van der Waals surface area contributed by atoms with Crippen LogP contribution >= 0.6 is 23.2 Å². The molecule has 32 heavy (non-hydrogen) atoms. The number of ether oxygens (including phenoxy) is 1. The van der Waals surface area contributed by atoms with E-state index in [0.717, 1.165) is 5.56 Å². The first kappa shape index (κ1) is 24.1. The van der Waals surface area contributed by atoms with Crippen molar-refractivity contribution in [3.05, 3.63) is 81.0 Å². The number of carbonyl (C=O) groups is 2. The molecule has 0 spiro atoms. The largest absolute Gasteiger partial charge is 0.463 e. The Morgan fingerprint density at radius 3 is 2.47 bits per heavy atom. The van der Waals surface area contributed by atoms with Crippen LogP contribution in [0.2, 0.25) is 10.0 Å². The monoisotopic (exact) mass is 475 g/mol. The second-order valence-electron chi connectivity index (χ2n) is 7.51. The Kier molecular flexibility index (Phi) is 8.18. The summed E-state index contributed by atoms with van der Waals surface area (Å²) in [4.78, 5) is 29.8. The van der Waals surface area contributed by atoms with Gasteiger partial charge in [-0.15, -0.1) is 0 Å². The number of benzene rings is 2. The molecule has 0 unspecified atom stereocenters. The molecule has 170 valence electrons. The number of urea groups is 1. The standard InChI is InChI=1S/C24H27Cl2N3O3/c1-4-29-19(15-28(3)14-16-10-7-6-8-11-16)20(23(30)32-5-2)22(27-24(29)31)17-12-9-13-18(25)21(17)26/h6-13,22H,4-5,14-15H2,1-3H3,(H,27,31)/t22-/m0/s1. The van der Waals surface area contributed by atoms with E-state index in [1.165, 1.54) is 0 Å². The van der Waals surface area contributed by atoms with Gasteiger partial charge in [0.1, 0.15) is 0 Å². The van der Waals surface area contributed by atoms with Gasteiger partial charge in [0.2, 0.25) is 0 Å². The molecule has 0 saturated carbocycles. The maximum Gasteiger partial charge on any atom is 0.338 e. The third-order valence-electron chi connectivity index (χ3n) is 5.26. The fraction of sp³-hybridized carbons (Fsp3) is 0.333. The maximum absolute atomic E-state index is 13.1. The van der Waals surface area contributed by atoms with Gasteiger partial charge >= 0.3 is 12.0 Å². The summed E-state index contributed by atoms with van der Waals surface area (Å²) in [5.41, 5.74) is 2.63. The first-order valence-electron chi connectivity index (χ1n) is 10.5. The molecule has 1 N–H and O–H groups in total. The minimum absolute atomic E-state index is 0.214. The van der Waals surface area contributed by atoms with Crippen molar-refractivity contribution < 1.29 is 14.3 Å². The highest BCUT2D eigenvalue weighted by Crippen LogP contribution is 2.37. The topological polar surface area (TPSA) is 61.9 Å². The van der Waals surface area contributed by atoms with Crippen molar-refractivity contribution in [3.63, 3.8) is 0 Å². The van der Waals surface area contributed by atoms with Crippen LogP contribution in [0, 0.1) is 0 Å². The highest BCUT2D eigenvalue weighted by atomic mass is 35.5. The summed E-state index contributed by atoms with van der Waals surface area (Å²) >= 11 is 12.7. The zero-order valence-electron chi connectivity index (χ0n) is 18.4. The summed E-state index contributed by atoms with van der Waals surface area (Å²) in [6.07, 6.45) is 0. The van der Waals surface area contributed by atoms with E-state index in [2.05, 4.69) is 10.2 Å². The Morgan fingerprint density at radius 2 is 1.81 bits per heavy atom. The van der Waals surface area contributed by atoms with Crippen LogP contribution in [-0.2, 0) is 16.1 Å². The summed E-state index contributed by atoms with van der Waals surface area (Å²) < 4.78 is 5.39. The van der Waals surface area contributed by atoms with Crippen LogP contribution in [0.4, 0.5) is 4.79 Å². The van der Waals surface area contributed by atoms with Crippen LogP contribution in [0.25, 0.3) is 0 Å². The van der Waals surface area contributed by atoms with Crippen molar-refractivity contribution >= 4 is 35.2 Å². The molecule has 0 fully saturated rings. The molecule has 6 nitrogen and oxygen atoms in total.